The summed E-state index contributed by atoms with van der Waals surface area (Å²) in [6, 6.07) is 12.4. The van der Waals surface area contributed by atoms with Gasteiger partial charge in [0.2, 0.25) is 5.91 Å². The molecule has 2 atom stereocenters. The van der Waals surface area contributed by atoms with Crippen molar-refractivity contribution in [3.63, 3.8) is 0 Å². The highest BCUT2D eigenvalue weighted by Crippen LogP contribution is 2.29. The summed E-state index contributed by atoms with van der Waals surface area (Å²) < 4.78 is 39.6. The van der Waals surface area contributed by atoms with Gasteiger partial charge in [0.15, 0.2) is 5.78 Å². The van der Waals surface area contributed by atoms with Gasteiger partial charge in [-0.05, 0) is 67.1 Å². The van der Waals surface area contributed by atoms with Crippen molar-refractivity contribution in [2.24, 2.45) is 17.2 Å². The highest BCUT2D eigenvalue weighted by molar-refractivity contribution is 5.92. The maximum absolute atomic E-state index is 13.5. The van der Waals surface area contributed by atoms with Crippen molar-refractivity contribution in [2.45, 2.75) is 50.4 Å². The summed E-state index contributed by atoms with van der Waals surface area (Å²) in [4.78, 5) is 30.8. The largest absolute Gasteiger partial charge is 0.416 e. The average molecular weight is 588 g/mol. The number of aromatic nitrogens is 1. The van der Waals surface area contributed by atoms with Gasteiger partial charge in [-0.1, -0.05) is 24.3 Å². The van der Waals surface area contributed by atoms with E-state index in [0.29, 0.717) is 42.4 Å². The zero-order chi connectivity index (χ0) is 30.8. The number of ketones is 1. The van der Waals surface area contributed by atoms with Gasteiger partial charge >= 0.3 is 6.18 Å². The van der Waals surface area contributed by atoms with E-state index in [2.05, 4.69) is 17.3 Å². The molecule has 0 saturated carbocycles. The summed E-state index contributed by atoms with van der Waals surface area (Å²) in [5, 5.41) is 3.72. The number of nitrogens with two attached hydrogens (primary N) is 3. The highest BCUT2D eigenvalue weighted by atomic mass is 19.4. The molecule has 0 aliphatic heterocycles. The summed E-state index contributed by atoms with van der Waals surface area (Å²) in [5.41, 5.74) is 19.2. The van der Waals surface area contributed by atoms with E-state index in [9.17, 15) is 22.8 Å². The molecular formula is C31H42F3N6O2+. The summed E-state index contributed by atoms with van der Waals surface area (Å²) in [6.07, 6.45) is -1.03. The Hall–Kier alpha value is -3.38. The number of quaternary nitrogens is 1. The molecular weight excluding hydrogens is 545 g/mol. The standard InChI is InChI=1S/C31H41F3N6O2/c1-40(18-14-35,19-15-36)17-3-5-26(37)30(42)39-28(13-8-22-6-10-25(11-7-22)31(32,33)34)29(41)21-23-9-12-27-24(20-23)4-2-16-38-27/h2,4,6-7,9-12,16,20,26,28H,3,5,8,13-15,17-19,21,35-37H2,1H3/p+1/t26-,28-/m0/s1. The van der Waals surface area contributed by atoms with E-state index >= 15 is 0 Å². The molecule has 0 spiro atoms. The fourth-order valence-electron chi connectivity index (χ4n) is 5.11. The number of alkyl halides is 3. The number of fused-ring (bicyclic) bond motifs is 1. The third-order valence-corrected chi connectivity index (χ3v) is 7.64. The molecule has 0 unspecified atom stereocenters. The number of benzene rings is 2. The van der Waals surface area contributed by atoms with Gasteiger partial charge < -0.3 is 27.0 Å². The molecule has 228 valence electrons. The quantitative estimate of drug-likeness (QED) is 0.190. The molecule has 0 aliphatic carbocycles. The summed E-state index contributed by atoms with van der Waals surface area (Å²) >= 11 is 0. The van der Waals surface area contributed by atoms with Crippen LogP contribution in [0.25, 0.3) is 10.9 Å². The molecule has 8 nitrogen and oxygen atoms in total. The van der Waals surface area contributed by atoms with Crippen LogP contribution in [0.5, 0.6) is 0 Å². The Bertz CT molecular complexity index is 1310. The SMILES string of the molecule is C[N+](CCN)(CCN)CCC[C@H](N)C(=O)N[C@@H](CCc1ccc(C(F)(F)F)cc1)C(=O)Cc1ccc2ncccc2c1. The molecule has 2 aromatic carbocycles. The van der Waals surface area contributed by atoms with Crippen LogP contribution in [0.1, 0.15) is 36.0 Å². The fourth-order valence-corrected chi connectivity index (χ4v) is 5.11. The van der Waals surface area contributed by atoms with Crippen molar-refractivity contribution in [3.05, 3.63) is 77.5 Å². The van der Waals surface area contributed by atoms with Gasteiger partial charge in [-0.15, -0.1) is 0 Å². The minimum absolute atomic E-state index is 0.0754. The van der Waals surface area contributed by atoms with Crippen LogP contribution in [0.15, 0.2) is 60.8 Å². The number of hydrogen-bond donors (Lipinski definition) is 4. The first kappa shape index (κ1) is 33.1. The van der Waals surface area contributed by atoms with Crippen LogP contribution in [0.4, 0.5) is 13.2 Å². The molecule has 0 radical (unpaired) electrons. The summed E-state index contributed by atoms with van der Waals surface area (Å²) in [5.74, 6) is -0.642. The second-order valence-electron chi connectivity index (χ2n) is 11.1. The Morgan fingerprint density at radius 1 is 0.952 bits per heavy atom. The van der Waals surface area contributed by atoms with Crippen molar-refractivity contribution < 1.29 is 27.2 Å². The van der Waals surface area contributed by atoms with Crippen LogP contribution < -0.4 is 22.5 Å². The number of carbonyl (C=O) groups is 2. The Morgan fingerprint density at radius 3 is 2.26 bits per heavy atom. The number of hydrogen-bond acceptors (Lipinski definition) is 6. The van der Waals surface area contributed by atoms with E-state index in [-0.39, 0.29) is 18.6 Å². The second kappa shape index (κ2) is 15.2. The zero-order valence-electron chi connectivity index (χ0n) is 24.1. The number of nitrogens with zero attached hydrogens (tertiary/aromatic N) is 2. The average Bonchev–Trinajstić information content (AvgIpc) is 2.95. The van der Waals surface area contributed by atoms with Crippen molar-refractivity contribution in [2.75, 3.05) is 39.8 Å². The third kappa shape index (κ3) is 9.87. The van der Waals surface area contributed by atoms with Crippen LogP contribution in [-0.4, -0.2) is 73.0 Å². The lowest BCUT2D eigenvalue weighted by Crippen LogP contribution is -2.52. The molecule has 7 N–H and O–H groups in total. The number of pyridine rings is 1. The van der Waals surface area contributed by atoms with Crippen LogP contribution in [0, 0.1) is 0 Å². The first-order chi connectivity index (χ1) is 19.9. The molecule has 0 aliphatic rings. The van der Waals surface area contributed by atoms with Gasteiger partial charge in [-0.2, -0.15) is 13.2 Å². The first-order valence-electron chi connectivity index (χ1n) is 14.3. The monoisotopic (exact) mass is 587 g/mol. The van der Waals surface area contributed by atoms with Crippen molar-refractivity contribution >= 4 is 22.6 Å². The molecule has 1 heterocycles. The number of carbonyl (C=O) groups excluding carboxylic acids is 2. The molecule has 0 bridgehead atoms. The molecule has 1 aromatic heterocycles. The first-order valence-corrected chi connectivity index (χ1v) is 14.3. The smallest absolute Gasteiger partial charge is 0.345 e. The van der Waals surface area contributed by atoms with E-state index in [1.54, 1.807) is 6.20 Å². The highest BCUT2D eigenvalue weighted by Gasteiger charge is 2.30. The predicted octanol–water partition coefficient (Wildman–Crippen LogP) is 2.95. The normalized spacial score (nSPS) is 13.6. The lowest BCUT2D eigenvalue weighted by atomic mass is 9.96. The number of aryl methyl sites for hydroxylation is 1. The van der Waals surface area contributed by atoms with Gasteiger partial charge in [0.1, 0.15) is 0 Å². The van der Waals surface area contributed by atoms with Gasteiger partial charge in [-0.3, -0.25) is 14.6 Å². The molecule has 42 heavy (non-hydrogen) atoms. The van der Waals surface area contributed by atoms with Gasteiger partial charge in [0.05, 0.1) is 49.8 Å². The number of nitrogens with one attached hydrogen (secondary N) is 1. The number of halogens is 3. The van der Waals surface area contributed by atoms with E-state index in [4.69, 9.17) is 17.2 Å². The summed E-state index contributed by atoms with van der Waals surface area (Å²) in [7, 11) is 2.07. The van der Waals surface area contributed by atoms with Crippen molar-refractivity contribution in [1.82, 2.24) is 10.3 Å². The second-order valence-corrected chi connectivity index (χ2v) is 11.1. The van der Waals surface area contributed by atoms with Gasteiger partial charge in [-0.25, -0.2) is 0 Å². The lowest BCUT2D eigenvalue weighted by Gasteiger charge is -2.34. The minimum atomic E-state index is -4.43. The molecule has 3 aromatic rings. The summed E-state index contributed by atoms with van der Waals surface area (Å²) in [6.45, 7) is 3.36. The van der Waals surface area contributed by atoms with E-state index in [1.165, 1.54) is 12.1 Å². The van der Waals surface area contributed by atoms with E-state index < -0.39 is 29.7 Å². The molecule has 1 amide bonds. The Labute approximate surface area is 245 Å². The third-order valence-electron chi connectivity index (χ3n) is 7.64. The molecule has 11 heteroatoms. The Kier molecular flexibility index (Phi) is 12.0. The van der Waals surface area contributed by atoms with E-state index in [1.807, 2.05) is 30.3 Å². The Morgan fingerprint density at radius 2 is 1.62 bits per heavy atom. The van der Waals surface area contributed by atoms with Crippen molar-refractivity contribution in [1.29, 1.82) is 0 Å². The van der Waals surface area contributed by atoms with Crippen LogP contribution >= 0.6 is 0 Å². The van der Waals surface area contributed by atoms with E-state index in [0.717, 1.165) is 48.2 Å². The molecule has 0 fully saturated rings. The maximum Gasteiger partial charge on any atom is 0.416 e. The maximum atomic E-state index is 13.5. The van der Waals surface area contributed by atoms with Crippen molar-refractivity contribution in [3.8, 4) is 0 Å². The Balaban J connectivity index is 1.68. The number of Topliss-reactive ketones (excluding diaryl/α,β-unsaturated/α-hetero) is 1. The zero-order valence-corrected chi connectivity index (χ0v) is 24.1. The number of amides is 1. The molecule has 0 saturated heterocycles. The van der Waals surface area contributed by atoms with Gasteiger partial charge in [0.25, 0.3) is 0 Å². The van der Waals surface area contributed by atoms with Crippen LogP contribution in [0.2, 0.25) is 0 Å². The van der Waals surface area contributed by atoms with Crippen LogP contribution in [0.3, 0.4) is 0 Å². The van der Waals surface area contributed by atoms with Crippen LogP contribution in [-0.2, 0) is 28.6 Å². The fraction of sp³-hybridized carbons (Fsp3) is 0.452. The lowest BCUT2D eigenvalue weighted by molar-refractivity contribution is -0.907. The number of rotatable bonds is 16. The predicted molar refractivity (Wildman–Crippen MR) is 158 cm³/mol. The number of likely N-dealkylation sites (N-methyl/N-ethyl adjacent to an activating group) is 1. The minimum Gasteiger partial charge on any atom is -0.345 e. The molecule has 3 rings (SSSR count). The van der Waals surface area contributed by atoms with Gasteiger partial charge in [0, 0.05) is 31.1 Å². The topological polar surface area (TPSA) is 137 Å².